The molecule has 2 saturated heterocycles. The Morgan fingerprint density at radius 3 is 2.64 bits per heavy atom. The van der Waals surface area contributed by atoms with Gasteiger partial charge in [-0.1, -0.05) is 13.3 Å². The van der Waals surface area contributed by atoms with Crippen molar-refractivity contribution in [3.8, 4) is 0 Å². The summed E-state index contributed by atoms with van der Waals surface area (Å²) in [6.45, 7) is 5.35. The number of carbonyl (C=O) groups excluding carboxylic acids is 1. The fraction of sp³-hybridized carbons (Fsp3) is 0.650. The van der Waals surface area contributed by atoms with Gasteiger partial charge in [0.05, 0.1) is 36.7 Å². The molecule has 0 radical (unpaired) electrons. The number of rotatable bonds is 5. The van der Waals surface area contributed by atoms with E-state index in [1.807, 2.05) is 4.90 Å². The minimum Gasteiger partial charge on any atom is -0.378 e. The Hall–Kier alpha value is -1.80. The van der Waals surface area contributed by atoms with E-state index in [9.17, 15) is 18.0 Å². The summed E-state index contributed by atoms with van der Waals surface area (Å²) in [4.78, 5) is 16.8. The SMILES string of the molecule is CCC1CCCCN1CC(=O)Nc1cc(C(F)(F)F)ccc1N1CCOCC1. The number of halogens is 3. The molecule has 2 aliphatic heterocycles. The molecular formula is C20H28F3N3O2. The molecule has 1 N–H and O–H groups in total. The van der Waals surface area contributed by atoms with E-state index < -0.39 is 11.7 Å². The van der Waals surface area contributed by atoms with Crippen LogP contribution < -0.4 is 10.2 Å². The van der Waals surface area contributed by atoms with E-state index in [0.717, 1.165) is 44.4 Å². The van der Waals surface area contributed by atoms with Gasteiger partial charge in [-0.3, -0.25) is 9.69 Å². The number of benzene rings is 1. The minimum absolute atomic E-state index is 0.206. The van der Waals surface area contributed by atoms with Crippen molar-refractivity contribution in [2.75, 3.05) is 49.6 Å². The Kier molecular flexibility index (Phi) is 6.82. The van der Waals surface area contributed by atoms with Gasteiger partial charge in [0.1, 0.15) is 0 Å². The Labute approximate surface area is 163 Å². The van der Waals surface area contributed by atoms with Crippen LogP contribution in [0, 0.1) is 0 Å². The number of nitrogens with zero attached hydrogens (tertiary/aromatic N) is 2. The van der Waals surface area contributed by atoms with E-state index in [2.05, 4.69) is 17.1 Å². The quantitative estimate of drug-likeness (QED) is 0.819. The van der Waals surface area contributed by atoms with E-state index in [1.165, 1.54) is 6.07 Å². The molecule has 1 unspecified atom stereocenters. The summed E-state index contributed by atoms with van der Waals surface area (Å²) >= 11 is 0. The van der Waals surface area contributed by atoms with Crippen LogP contribution in [0.3, 0.4) is 0 Å². The van der Waals surface area contributed by atoms with Crippen LogP contribution in [0.2, 0.25) is 0 Å². The van der Waals surface area contributed by atoms with Crippen molar-refractivity contribution in [1.29, 1.82) is 0 Å². The van der Waals surface area contributed by atoms with Crippen molar-refractivity contribution in [3.63, 3.8) is 0 Å². The average Bonchev–Trinajstić information content (AvgIpc) is 2.68. The van der Waals surface area contributed by atoms with Gasteiger partial charge in [0, 0.05) is 19.1 Å². The van der Waals surface area contributed by atoms with Gasteiger partial charge in [0.2, 0.25) is 5.91 Å². The molecular weight excluding hydrogens is 371 g/mol. The average molecular weight is 399 g/mol. The molecule has 0 bridgehead atoms. The highest BCUT2D eigenvalue weighted by Crippen LogP contribution is 2.35. The number of hydrogen-bond acceptors (Lipinski definition) is 4. The molecule has 0 aliphatic carbocycles. The number of anilines is 2. The molecule has 2 heterocycles. The van der Waals surface area contributed by atoms with Crippen LogP contribution in [0.5, 0.6) is 0 Å². The Morgan fingerprint density at radius 2 is 1.96 bits per heavy atom. The molecule has 2 aliphatic rings. The maximum absolute atomic E-state index is 13.2. The molecule has 1 amide bonds. The highest BCUT2D eigenvalue weighted by atomic mass is 19.4. The number of morpholine rings is 1. The Balaban J connectivity index is 1.78. The number of carbonyl (C=O) groups is 1. The van der Waals surface area contributed by atoms with Crippen molar-refractivity contribution in [2.45, 2.75) is 44.8 Å². The standard InChI is InChI=1S/C20H28F3N3O2/c1-2-16-5-3-4-8-26(16)14-19(27)24-17-13-15(20(21,22)23)6-7-18(17)25-9-11-28-12-10-25/h6-7,13,16H,2-5,8-12,14H2,1H3,(H,24,27). The fourth-order valence-corrected chi connectivity index (χ4v) is 4.00. The highest BCUT2D eigenvalue weighted by Gasteiger charge is 2.32. The van der Waals surface area contributed by atoms with Gasteiger partial charge in [-0.2, -0.15) is 13.2 Å². The summed E-state index contributed by atoms with van der Waals surface area (Å²) in [5.74, 6) is -0.269. The number of alkyl halides is 3. The number of amides is 1. The van der Waals surface area contributed by atoms with Gasteiger partial charge in [-0.15, -0.1) is 0 Å². The fourth-order valence-electron chi connectivity index (χ4n) is 4.00. The number of ether oxygens (including phenoxy) is 1. The summed E-state index contributed by atoms with van der Waals surface area (Å²) in [7, 11) is 0. The molecule has 3 rings (SSSR count). The van der Waals surface area contributed by atoms with Gasteiger partial charge < -0.3 is 15.0 Å². The zero-order chi connectivity index (χ0) is 20.1. The number of likely N-dealkylation sites (tertiary alicyclic amines) is 1. The zero-order valence-corrected chi connectivity index (χ0v) is 16.2. The second-order valence-electron chi connectivity index (χ2n) is 7.41. The summed E-state index contributed by atoms with van der Waals surface area (Å²) in [5, 5.41) is 2.75. The summed E-state index contributed by atoms with van der Waals surface area (Å²) in [5.41, 5.74) is 0.0614. The maximum atomic E-state index is 13.2. The molecule has 1 atom stereocenters. The highest BCUT2D eigenvalue weighted by molar-refractivity contribution is 5.96. The smallest absolute Gasteiger partial charge is 0.378 e. The molecule has 0 saturated carbocycles. The molecule has 2 fully saturated rings. The largest absolute Gasteiger partial charge is 0.416 e. The monoisotopic (exact) mass is 399 g/mol. The second kappa shape index (κ2) is 9.13. The van der Waals surface area contributed by atoms with Crippen LogP contribution in [0.1, 0.15) is 38.2 Å². The predicted octanol–water partition coefficient (Wildman–Crippen LogP) is 3.75. The lowest BCUT2D eigenvalue weighted by Gasteiger charge is -2.35. The summed E-state index contributed by atoms with van der Waals surface area (Å²) < 4.78 is 44.9. The third kappa shape index (κ3) is 5.17. The van der Waals surface area contributed by atoms with Gasteiger partial charge in [0.25, 0.3) is 0 Å². The summed E-state index contributed by atoms with van der Waals surface area (Å²) in [6, 6.07) is 3.91. The van der Waals surface area contributed by atoms with Crippen molar-refractivity contribution in [2.24, 2.45) is 0 Å². The van der Waals surface area contributed by atoms with Gasteiger partial charge in [0.15, 0.2) is 0 Å². The van der Waals surface area contributed by atoms with Crippen molar-refractivity contribution in [3.05, 3.63) is 23.8 Å². The van der Waals surface area contributed by atoms with E-state index in [0.29, 0.717) is 38.0 Å². The van der Waals surface area contributed by atoms with Crippen molar-refractivity contribution >= 4 is 17.3 Å². The molecule has 1 aromatic rings. The van der Waals surface area contributed by atoms with Crippen LogP contribution in [0.4, 0.5) is 24.5 Å². The minimum atomic E-state index is -4.46. The van der Waals surface area contributed by atoms with Crippen molar-refractivity contribution < 1.29 is 22.7 Å². The van der Waals surface area contributed by atoms with Gasteiger partial charge in [-0.05, 0) is 44.0 Å². The van der Waals surface area contributed by atoms with Crippen LogP contribution in [0.25, 0.3) is 0 Å². The number of piperidine rings is 1. The Bertz CT molecular complexity index is 675. The molecule has 5 nitrogen and oxygen atoms in total. The molecule has 28 heavy (non-hydrogen) atoms. The molecule has 0 aromatic heterocycles. The Morgan fingerprint density at radius 1 is 1.21 bits per heavy atom. The molecule has 0 spiro atoms. The first-order valence-electron chi connectivity index (χ1n) is 9.96. The van der Waals surface area contributed by atoms with Crippen LogP contribution in [-0.2, 0) is 15.7 Å². The number of nitrogens with one attached hydrogen (secondary N) is 1. The third-order valence-corrected chi connectivity index (χ3v) is 5.52. The lowest BCUT2D eigenvalue weighted by molar-refractivity contribution is -0.137. The second-order valence-corrected chi connectivity index (χ2v) is 7.41. The number of hydrogen-bond donors (Lipinski definition) is 1. The molecule has 8 heteroatoms. The predicted molar refractivity (Wildman–Crippen MR) is 103 cm³/mol. The van der Waals surface area contributed by atoms with Crippen LogP contribution in [0.15, 0.2) is 18.2 Å². The first-order valence-corrected chi connectivity index (χ1v) is 9.96. The first kappa shape index (κ1) is 20.9. The van der Waals surface area contributed by atoms with E-state index in [1.54, 1.807) is 0 Å². The van der Waals surface area contributed by atoms with E-state index in [4.69, 9.17) is 4.74 Å². The lowest BCUT2D eigenvalue weighted by atomic mass is 10.00. The van der Waals surface area contributed by atoms with Crippen LogP contribution in [-0.4, -0.2) is 56.2 Å². The topological polar surface area (TPSA) is 44.8 Å². The maximum Gasteiger partial charge on any atom is 0.416 e. The zero-order valence-electron chi connectivity index (χ0n) is 16.2. The normalized spacial score (nSPS) is 21.6. The third-order valence-electron chi connectivity index (χ3n) is 5.52. The van der Waals surface area contributed by atoms with Crippen molar-refractivity contribution in [1.82, 2.24) is 4.90 Å². The van der Waals surface area contributed by atoms with Gasteiger partial charge in [-0.25, -0.2) is 0 Å². The van der Waals surface area contributed by atoms with Gasteiger partial charge >= 0.3 is 6.18 Å². The van der Waals surface area contributed by atoms with E-state index >= 15 is 0 Å². The summed E-state index contributed by atoms with van der Waals surface area (Å²) in [6.07, 6.45) is -0.219. The lowest BCUT2D eigenvalue weighted by Crippen LogP contribution is -2.43. The van der Waals surface area contributed by atoms with E-state index in [-0.39, 0.29) is 18.1 Å². The van der Waals surface area contributed by atoms with Crippen LogP contribution >= 0.6 is 0 Å². The first-order chi connectivity index (χ1) is 13.4. The molecule has 156 valence electrons. The molecule has 1 aromatic carbocycles.